The molecule has 134 valence electrons. The molecule has 0 unspecified atom stereocenters. The quantitative estimate of drug-likeness (QED) is 0.711. The van der Waals surface area contributed by atoms with E-state index in [2.05, 4.69) is 19.2 Å². The average molecular weight is 341 g/mol. The molecule has 5 rings (SSSR count). The Kier molecular flexibility index (Phi) is 3.06. The van der Waals surface area contributed by atoms with Crippen LogP contribution in [0.15, 0.2) is 23.8 Å². The van der Waals surface area contributed by atoms with E-state index < -0.39 is 6.10 Å². The molecule has 1 amide bonds. The molecule has 0 aromatic carbocycles. The van der Waals surface area contributed by atoms with E-state index in [1.54, 1.807) is 12.2 Å². The van der Waals surface area contributed by atoms with Gasteiger partial charge in [-0.1, -0.05) is 18.6 Å². The van der Waals surface area contributed by atoms with Gasteiger partial charge < -0.3 is 10.4 Å². The monoisotopic (exact) mass is 341 g/mol. The highest BCUT2D eigenvalue weighted by molar-refractivity contribution is 6.01. The first kappa shape index (κ1) is 15.8. The van der Waals surface area contributed by atoms with Crippen molar-refractivity contribution < 1.29 is 14.7 Å². The second-order valence-corrected chi connectivity index (χ2v) is 9.28. The van der Waals surface area contributed by atoms with Gasteiger partial charge in [0, 0.05) is 17.4 Å². The Morgan fingerprint density at radius 3 is 2.76 bits per heavy atom. The Labute approximate surface area is 148 Å². The maximum atomic E-state index is 13.0. The number of allylic oxidation sites excluding steroid dienone is 4. The third kappa shape index (κ3) is 1.77. The zero-order valence-electron chi connectivity index (χ0n) is 15.0. The van der Waals surface area contributed by atoms with Gasteiger partial charge >= 0.3 is 0 Å². The Morgan fingerprint density at radius 2 is 1.96 bits per heavy atom. The Balaban J connectivity index is 1.59. The minimum absolute atomic E-state index is 0.0672. The highest BCUT2D eigenvalue weighted by Gasteiger charge is 2.69. The Morgan fingerprint density at radius 1 is 1.20 bits per heavy atom. The van der Waals surface area contributed by atoms with Gasteiger partial charge in [-0.3, -0.25) is 9.59 Å². The van der Waals surface area contributed by atoms with Gasteiger partial charge in [-0.25, -0.2) is 0 Å². The maximum absolute atomic E-state index is 13.0. The second-order valence-electron chi connectivity index (χ2n) is 9.28. The Hall–Kier alpha value is -1.42. The van der Waals surface area contributed by atoms with Crippen LogP contribution in [0.5, 0.6) is 0 Å². The number of aliphatic hydroxyl groups excluding tert-OH is 1. The molecule has 4 heteroatoms. The number of fused-ring (bicyclic) bond motifs is 4. The molecule has 0 bridgehead atoms. The number of nitrogens with one attached hydrogen (secondary N) is 1. The average Bonchev–Trinajstić information content (AvgIpc) is 3.04. The molecule has 2 N–H and O–H groups in total. The van der Waals surface area contributed by atoms with Crippen LogP contribution in [0.3, 0.4) is 0 Å². The van der Waals surface area contributed by atoms with E-state index in [9.17, 15) is 14.7 Å². The van der Waals surface area contributed by atoms with Gasteiger partial charge in [-0.15, -0.1) is 0 Å². The summed E-state index contributed by atoms with van der Waals surface area (Å²) in [4.78, 5) is 24.8. The fourth-order valence-electron chi connectivity index (χ4n) is 7.58. The predicted molar refractivity (Wildman–Crippen MR) is 93.4 cm³/mol. The molecule has 1 spiro atoms. The Bertz CT molecular complexity index is 725. The second kappa shape index (κ2) is 4.85. The van der Waals surface area contributed by atoms with Crippen LogP contribution in [0.1, 0.15) is 46.0 Å². The van der Waals surface area contributed by atoms with Gasteiger partial charge in [0.05, 0.1) is 11.5 Å². The van der Waals surface area contributed by atoms with Crippen LogP contribution in [0.2, 0.25) is 0 Å². The molecule has 4 nitrogen and oxygen atoms in total. The fourth-order valence-corrected chi connectivity index (χ4v) is 7.58. The van der Waals surface area contributed by atoms with Crippen LogP contribution in [0, 0.1) is 34.5 Å². The number of ketones is 1. The van der Waals surface area contributed by atoms with Crippen LogP contribution in [0.4, 0.5) is 0 Å². The predicted octanol–water partition coefficient (Wildman–Crippen LogP) is 2.38. The molecule has 4 fully saturated rings. The summed E-state index contributed by atoms with van der Waals surface area (Å²) in [6.45, 7) is 4.31. The van der Waals surface area contributed by atoms with Crippen molar-refractivity contribution in [3.05, 3.63) is 23.8 Å². The number of amides is 1. The number of aliphatic hydroxyl groups is 1. The van der Waals surface area contributed by atoms with Crippen LogP contribution in [-0.4, -0.2) is 28.9 Å². The minimum Gasteiger partial charge on any atom is -0.393 e. The van der Waals surface area contributed by atoms with E-state index in [-0.39, 0.29) is 34.5 Å². The number of carbonyl (C=O) groups excluding carboxylic acids is 2. The smallest absolute Gasteiger partial charge is 0.227 e. The number of hydrogen-bond donors (Lipinski definition) is 2. The molecule has 1 heterocycles. The van der Waals surface area contributed by atoms with Gasteiger partial charge in [0.25, 0.3) is 0 Å². The molecular formula is C21H27NO3. The van der Waals surface area contributed by atoms with Crippen LogP contribution >= 0.6 is 0 Å². The summed E-state index contributed by atoms with van der Waals surface area (Å²) in [5, 5.41) is 14.4. The van der Waals surface area contributed by atoms with E-state index in [1.807, 2.05) is 6.08 Å². The molecule has 0 aromatic heterocycles. The third-order valence-corrected chi connectivity index (χ3v) is 8.48. The molecular weight excluding hydrogens is 314 g/mol. The van der Waals surface area contributed by atoms with E-state index >= 15 is 0 Å². The van der Waals surface area contributed by atoms with Crippen LogP contribution in [0.25, 0.3) is 0 Å². The lowest BCUT2D eigenvalue weighted by Crippen LogP contribution is -2.58. The van der Waals surface area contributed by atoms with Crippen molar-refractivity contribution in [3.8, 4) is 0 Å². The molecule has 8 atom stereocenters. The molecule has 3 saturated carbocycles. The van der Waals surface area contributed by atoms with Crippen molar-refractivity contribution in [3.63, 3.8) is 0 Å². The topological polar surface area (TPSA) is 66.4 Å². The van der Waals surface area contributed by atoms with E-state index in [4.69, 9.17) is 0 Å². The summed E-state index contributed by atoms with van der Waals surface area (Å²) in [5.74, 6) is 1.48. The summed E-state index contributed by atoms with van der Waals surface area (Å²) in [6, 6.07) is 0.225. The SMILES string of the molecule is C[C@H]1NC(=O)[C@]23C[C@@H](O)[C@H]4[C@@H](CCC5=CC(=O)C=C[C@]54C)[C@@H]2CC[C@H]13. The van der Waals surface area contributed by atoms with E-state index in [0.29, 0.717) is 24.2 Å². The van der Waals surface area contributed by atoms with Crippen molar-refractivity contribution in [1.82, 2.24) is 5.32 Å². The molecule has 1 aliphatic heterocycles. The largest absolute Gasteiger partial charge is 0.393 e. The van der Waals surface area contributed by atoms with Crippen molar-refractivity contribution in [2.75, 3.05) is 0 Å². The third-order valence-electron chi connectivity index (χ3n) is 8.48. The summed E-state index contributed by atoms with van der Waals surface area (Å²) in [7, 11) is 0. The minimum atomic E-state index is -0.482. The first-order chi connectivity index (χ1) is 11.9. The van der Waals surface area contributed by atoms with Gasteiger partial charge in [-0.2, -0.15) is 0 Å². The number of hydrogen-bond acceptors (Lipinski definition) is 3. The number of rotatable bonds is 0. The van der Waals surface area contributed by atoms with E-state index in [1.165, 1.54) is 5.57 Å². The lowest BCUT2D eigenvalue weighted by atomic mass is 9.46. The zero-order chi connectivity index (χ0) is 17.6. The molecule has 4 aliphatic carbocycles. The highest BCUT2D eigenvalue weighted by atomic mass is 16.3. The van der Waals surface area contributed by atoms with Crippen molar-refractivity contribution >= 4 is 11.7 Å². The fraction of sp³-hybridized carbons (Fsp3) is 0.714. The first-order valence-electron chi connectivity index (χ1n) is 9.81. The van der Waals surface area contributed by atoms with Crippen molar-refractivity contribution in [2.45, 2.75) is 58.1 Å². The number of carbonyl (C=O) groups is 2. The van der Waals surface area contributed by atoms with Crippen LogP contribution in [-0.2, 0) is 9.59 Å². The van der Waals surface area contributed by atoms with Gasteiger partial charge in [0.1, 0.15) is 0 Å². The zero-order valence-corrected chi connectivity index (χ0v) is 15.0. The molecule has 0 aromatic rings. The molecule has 5 aliphatic rings. The molecule has 25 heavy (non-hydrogen) atoms. The van der Waals surface area contributed by atoms with Gasteiger partial charge in [0.2, 0.25) is 5.91 Å². The summed E-state index contributed by atoms with van der Waals surface area (Å²) in [5.41, 5.74) is 0.581. The van der Waals surface area contributed by atoms with Crippen LogP contribution < -0.4 is 5.32 Å². The first-order valence-corrected chi connectivity index (χ1v) is 9.81. The van der Waals surface area contributed by atoms with Gasteiger partial charge in [-0.05, 0) is 68.9 Å². The highest BCUT2D eigenvalue weighted by Crippen LogP contribution is 2.67. The molecule has 1 saturated heterocycles. The lowest BCUT2D eigenvalue weighted by Gasteiger charge is -2.57. The molecule has 0 radical (unpaired) electrons. The summed E-state index contributed by atoms with van der Waals surface area (Å²) < 4.78 is 0. The standard InChI is InChI=1S/C21H27NO3/c1-11-15-5-6-16-14-4-3-12-9-13(23)7-8-20(12,2)18(14)17(24)10-21(15,16)19(25)22-11/h7-9,11,14-18,24H,3-6,10H2,1-2H3,(H,22,25)/t11-,14+,15-,16+,17-,18-,20-,21+/m1/s1. The van der Waals surface area contributed by atoms with Gasteiger partial charge in [0.15, 0.2) is 5.78 Å². The van der Waals surface area contributed by atoms with E-state index in [0.717, 1.165) is 25.7 Å². The van der Waals surface area contributed by atoms with Crippen molar-refractivity contribution in [2.24, 2.45) is 34.5 Å². The summed E-state index contributed by atoms with van der Waals surface area (Å²) in [6.07, 6.45) is 9.70. The lowest BCUT2D eigenvalue weighted by molar-refractivity contribution is -0.151. The normalized spacial score (nSPS) is 53.5. The van der Waals surface area contributed by atoms with Crippen molar-refractivity contribution in [1.29, 1.82) is 0 Å². The maximum Gasteiger partial charge on any atom is 0.227 e. The summed E-state index contributed by atoms with van der Waals surface area (Å²) >= 11 is 0.